The Balaban J connectivity index is 2.87. The van der Waals surface area contributed by atoms with Crippen molar-refractivity contribution in [3.8, 4) is 0 Å². The molecule has 0 unspecified atom stereocenters. The van der Waals surface area contributed by atoms with Crippen LogP contribution in [0.15, 0.2) is 35.4 Å². The molecule has 1 aromatic carbocycles. The second-order valence-corrected chi connectivity index (χ2v) is 4.27. The van der Waals surface area contributed by atoms with E-state index in [4.69, 9.17) is 0 Å². The summed E-state index contributed by atoms with van der Waals surface area (Å²) in [6.45, 7) is 2.17. The van der Waals surface area contributed by atoms with Gasteiger partial charge in [-0.3, -0.25) is 0 Å². The van der Waals surface area contributed by atoms with E-state index in [0.29, 0.717) is 0 Å². The molecular weight excluding hydrogens is 190 g/mol. The van der Waals surface area contributed by atoms with E-state index in [1.165, 1.54) is 21.5 Å². The molecule has 72 valence electrons. The van der Waals surface area contributed by atoms with Crippen molar-refractivity contribution in [3.63, 3.8) is 0 Å². The lowest BCUT2D eigenvalue weighted by molar-refractivity contribution is -0.683. The molecular formula is C12H14NS+. The third-order valence-electron chi connectivity index (χ3n) is 2.57. The Morgan fingerprint density at radius 2 is 1.93 bits per heavy atom. The summed E-state index contributed by atoms with van der Waals surface area (Å²) >= 11 is 1.79. The van der Waals surface area contributed by atoms with Gasteiger partial charge in [0.1, 0.15) is 7.05 Å². The van der Waals surface area contributed by atoms with E-state index in [9.17, 15) is 0 Å². The van der Waals surface area contributed by atoms with E-state index in [0.717, 1.165) is 0 Å². The van der Waals surface area contributed by atoms with Gasteiger partial charge < -0.3 is 0 Å². The van der Waals surface area contributed by atoms with Crippen molar-refractivity contribution in [1.82, 2.24) is 0 Å². The minimum Gasteiger partial charge on any atom is -0.189 e. The zero-order chi connectivity index (χ0) is 10.1. The smallest absolute Gasteiger partial charge is 0.189 e. The Morgan fingerprint density at radius 1 is 1.21 bits per heavy atom. The van der Waals surface area contributed by atoms with Gasteiger partial charge in [-0.25, -0.2) is 0 Å². The Kier molecular flexibility index (Phi) is 2.46. The van der Waals surface area contributed by atoms with Crippen LogP contribution >= 0.6 is 11.8 Å². The maximum atomic E-state index is 2.24. The molecule has 0 aliphatic heterocycles. The summed E-state index contributed by atoms with van der Waals surface area (Å²) in [6.07, 6.45) is 2.11. The Morgan fingerprint density at radius 3 is 2.64 bits per heavy atom. The largest absolute Gasteiger partial charge is 0.240 e. The number of para-hydroxylation sites is 1. The van der Waals surface area contributed by atoms with Crippen LogP contribution in [0.2, 0.25) is 0 Å². The van der Waals surface area contributed by atoms with Gasteiger partial charge in [-0.15, -0.1) is 0 Å². The first kappa shape index (κ1) is 9.53. The fourth-order valence-electron chi connectivity index (χ4n) is 1.77. The van der Waals surface area contributed by atoms with Gasteiger partial charge in [-0.1, -0.05) is 23.9 Å². The van der Waals surface area contributed by atoms with Crippen LogP contribution in [0.3, 0.4) is 0 Å². The first-order valence-corrected chi connectivity index (χ1v) is 5.89. The maximum Gasteiger partial charge on any atom is 0.240 e. The highest BCUT2D eigenvalue weighted by Gasteiger charge is 2.12. The summed E-state index contributed by atoms with van der Waals surface area (Å²) in [7, 11) is 2.12. The van der Waals surface area contributed by atoms with Crippen molar-refractivity contribution in [3.05, 3.63) is 35.9 Å². The van der Waals surface area contributed by atoms with Crippen LogP contribution in [0.25, 0.3) is 10.9 Å². The molecule has 1 aromatic heterocycles. The van der Waals surface area contributed by atoms with Crippen LogP contribution < -0.4 is 4.57 Å². The van der Waals surface area contributed by atoms with Crippen molar-refractivity contribution in [2.75, 3.05) is 6.26 Å². The van der Waals surface area contributed by atoms with E-state index < -0.39 is 0 Å². The van der Waals surface area contributed by atoms with Crippen molar-refractivity contribution < 1.29 is 4.57 Å². The average Bonchev–Trinajstić information content (AvgIpc) is 2.23. The van der Waals surface area contributed by atoms with Crippen molar-refractivity contribution in [2.24, 2.45) is 7.05 Å². The number of rotatable bonds is 1. The van der Waals surface area contributed by atoms with Gasteiger partial charge in [-0.2, -0.15) is 4.57 Å². The Bertz CT molecular complexity index is 477. The molecule has 2 heteroatoms. The van der Waals surface area contributed by atoms with Crippen LogP contribution in [0.1, 0.15) is 5.56 Å². The summed E-state index contributed by atoms with van der Waals surface area (Å²) in [5.41, 5.74) is 2.65. The molecule has 1 nitrogen and oxygen atoms in total. The molecule has 0 amide bonds. The number of aryl methyl sites for hydroxylation is 2. The standard InChI is InChI=1S/C12H14NS/c1-9-8-12(14-3)13(2)11-7-5-4-6-10(9)11/h4-8H,1-3H3/q+1. The maximum absolute atomic E-state index is 2.24. The molecule has 0 bridgehead atoms. The fraction of sp³-hybridized carbons (Fsp3) is 0.250. The molecule has 0 spiro atoms. The molecule has 0 radical (unpaired) electrons. The predicted octanol–water partition coefficient (Wildman–Crippen LogP) is 2.69. The Hall–Kier alpha value is -1.02. The summed E-state index contributed by atoms with van der Waals surface area (Å²) in [5.74, 6) is 0. The minimum atomic E-state index is 1.30. The molecule has 0 fully saturated rings. The third kappa shape index (κ3) is 1.40. The lowest BCUT2D eigenvalue weighted by Crippen LogP contribution is -2.32. The molecule has 0 atom stereocenters. The van der Waals surface area contributed by atoms with E-state index in [1.807, 2.05) is 0 Å². The van der Waals surface area contributed by atoms with Gasteiger partial charge in [0.25, 0.3) is 0 Å². The second kappa shape index (κ2) is 3.62. The van der Waals surface area contributed by atoms with Gasteiger partial charge in [0.2, 0.25) is 10.5 Å². The highest BCUT2D eigenvalue weighted by molar-refractivity contribution is 7.98. The lowest BCUT2D eigenvalue weighted by Gasteiger charge is -2.03. The molecule has 2 rings (SSSR count). The van der Waals surface area contributed by atoms with Crippen molar-refractivity contribution >= 4 is 22.7 Å². The molecule has 2 aromatic rings. The van der Waals surface area contributed by atoms with E-state index in [-0.39, 0.29) is 0 Å². The topological polar surface area (TPSA) is 3.88 Å². The molecule has 1 heterocycles. The number of fused-ring (bicyclic) bond motifs is 1. The molecule has 0 saturated heterocycles. The van der Waals surface area contributed by atoms with Crippen LogP contribution in [0.4, 0.5) is 0 Å². The Labute approximate surface area is 88.8 Å². The van der Waals surface area contributed by atoms with E-state index in [1.54, 1.807) is 11.8 Å². The summed E-state index contributed by atoms with van der Waals surface area (Å²) in [5, 5.41) is 2.65. The van der Waals surface area contributed by atoms with Crippen molar-refractivity contribution in [1.29, 1.82) is 0 Å². The number of nitrogens with zero attached hydrogens (tertiary/aromatic N) is 1. The second-order valence-electron chi connectivity index (χ2n) is 3.45. The van der Waals surface area contributed by atoms with E-state index >= 15 is 0 Å². The molecule has 0 N–H and O–H groups in total. The molecule has 0 aliphatic carbocycles. The van der Waals surface area contributed by atoms with Gasteiger partial charge >= 0.3 is 0 Å². The summed E-state index contributed by atoms with van der Waals surface area (Å²) in [4.78, 5) is 0. The number of benzene rings is 1. The number of hydrogen-bond donors (Lipinski definition) is 0. The number of thioether (sulfide) groups is 1. The minimum absolute atomic E-state index is 1.30. The van der Waals surface area contributed by atoms with Crippen LogP contribution in [0, 0.1) is 6.92 Å². The van der Waals surface area contributed by atoms with Gasteiger partial charge in [0.05, 0.1) is 0 Å². The third-order valence-corrected chi connectivity index (χ3v) is 3.38. The number of hydrogen-bond acceptors (Lipinski definition) is 1. The summed E-state index contributed by atoms with van der Waals surface area (Å²) < 4.78 is 2.24. The first-order chi connectivity index (χ1) is 6.74. The van der Waals surface area contributed by atoms with E-state index in [2.05, 4.69) is 55.1 Å². The zero-order valence-corrected chi connectivity index (χ0v) is 9.56. The van der Waals surface area contributed by atoms with Crippen molar-refractivity contribution in [2.45, 2.75) is 11.9 Å². The van der Waals surface area contributed by atoms with Gasteiger partial charge in [0.15, 0.2) is 0 Å². The van der Waals surface area contributed by atoms with Gasteiger partial charge in [-0.05, 0) is 24.8 Å². The average molecular weight is 204 g/mol. The normalized spacial score (nSPS) is 10.8. The first-order valence-electron chi connectivity index (χ1n) is 4.66. The van der Waals surface area contributed by atoms with Crippen LogP contribution in [-0.2, 0) is 7.05 Å². The predicted molar refractivity (Wildman–Crippen MR) is 61.6 cm³/mol. The number of aromatic nitrogens is 1. The lowest BCUT2D eigenvalue weighted by atomic mass is 10.1. The monoisotopic (exact) mass is 204 g/mol. The fourth-order valence-corrected chi connectivity index (χ4v) is 2.44. The van der Waals surface area contributed by atoms with Crippen LogP contribution in [0.5, 0.6) is 0 Å². The van der Waals surface area contributed by atoms with Gasteiger partial charge in [0, 0.05) is 17.5 Å². The quantitative estimate of drug-likeness (QED) is 0.510. The highest BCUT2D eigenvalue weighted by atomic mass is 32.2. The summed E-state index contributed by atoms with van der Waals surface area (Å²) in [6, 6.07) is 10.8. The number of pyridine rings is 1. The molecule has 0 aliphatic rings. The highest BCUT2D eigenvalue weighted by Crippen LogP contribution is 2.19. The molecule has 0 saturated carbocycles. The SMILES string of the molecule is CSc1cc(C)c2ccccc2[n+]1C. The zero-order valence-electron chi connectivity index (χ0n) is 8.74. The van der Waals surface area contributed by atoms with Crippen LogP contribution in [-0.4, -0.2) is 6.26 Å². The molecule has 14 heavy (non-hydrogen) atoms.